The van der Waals surface area contributed by atoms with Crippen molar-refractivity contribution in [2.75, 3.05) is 0 Å². The molecular formula is C7H15NO2. The Labute approximate surface area is 61.2 Å². The van der Waals surface area contributed by atoms with Crippen LogP contribution >= 0.6 is 0 Å². The van der Waals surface area contributed by atoms with Gasteiger partial charge in [0, 0.05) is 6.04 Å². The number of rotatable bonds is 4. The third-order valence-electron chi connectivity index (χ3n) is 1.21. The first-order valence-corrected chi connectivity index (χ1v) is 3.49. The lowest BCUT2D eigenvalue weighted by Gasteiger charge is -2.10. The zero-order valence-electron chi connectivity index (χ0n) is 6.50. The Bertz CT molecular complexity index is 112. The van der Waals surface area contributed by atoms with E-state index in [9.17, 15) is 4.79 Å². The lowest BCUT2D eigenvalue weighted by Crippen LogP contribution is -2.25. The number of nitrogens with two attached hydrogens (primary N) is 1. The molecule has 0 aliphatic heterocycles. The molecule has 0 aromatic heterocycles. The lowest BCUT2D eigenvalue weighted by atomic mass is 10.0. The van der Waals surface area contributed by atoms with Gasteiger partial charge in [-0.2, -0.15) is 0 Å². The maximum absolute atomic E-state index is 10.1. The summed E-state index contributed by atoms with van der Waals surface area (Å²) in [4.78, 5) is 10.1. The standard InChI is InChI=1S/C7H15NO2/c1-5(2)3-6(8)4-7(9)10/h5-6H,3-4,8H2,1-2H3,(H,9,10)/t6-/m0/s1. The normalized spacial score (nSPS) is 13.6. The first kappa shape index (κ1) is 9.43. The molecule has 0 aromatic rings. The summed E-state index contributed by atoms with van der Waals surface area (Å²) in [6, 6.07) is -0.183. The first-order valence-electron chi connectivity index (χ1n) is 3.49. The molecule has 0 aliphatic rings. The minimum Gasteiger partial charge on any atom is -0.481 e. The first-order chi connectivity index (χ1) is 4.52. The highest BCUT2D eigenvalue weighted by molar-refractivity contribution is 5.67. The van der Waals surface area contributed by atoms with Crippen LogP contribution in [0.1, 0.15) is 26.7 Å². The van der Waals surface area contributed by atoms with Gasteiger partial charge in [0.2, 0.25) is 0 Å². The van der Waals surface area contributed by atoms with Crippen molar-refractivity contribution in [1.82, 2.24) is 0 Å². The van der Waals surface area contributed by atoms with E-state index in [0.29, 0.717) is 5.92 Å². The molecular weight excluding hydrogens is 130 g/mol. The Morgan fingerprint density at radius 3 is 2.40 bits per heavy atom. The summed E-state index contributed by atoms with van der Waals surface area (Å²) in [5.74, 6) is -0.331. The minimum absolute atomic E-state index is 0.0815. The van der Waals surface area contributed by atoms with Crippen LogP contribution in [-0.2, 0) is 4.79 Å². The fourth-order valence-corrected chi connectivity index (χ4v) is 0.913. The van der Waals surface area contributed by atoms with Gasteiger partial charge in [-0.3, -0.25) is 4.79 Å². The van der Waals surface area contributed by atoms with E-state index in [-0.39, 0.29) is 12.5 Å². The average molecular weight is 145 g/mol. The van der Waals surface area contributed by atoms with Gasteiger partial charge in [0.05, 0.1) is 6.42 Å². The molecule has 0 saturated carbocycles. The van der Waals surface area contributed by atoms with Crippen molar-refractivity contribution in [1.29, 1.82) is 0 Å². The summed E-state index contributed by atoms with van der Waals surface area (Å²) in [5, 5.41) is 8.32. The van der Waals surface area contributed by atoms with Gasteiger partial charge in [-0.15, -0.1) is 0 Å². The number of carboxylic acid groups (broad SMARTS) is 1. The highest BCUT2D eigenvalue weighted by atomic mass is 16.4. The molecule has 3 heteroatoms. The molecule has 0 rings (SSSR count). The van der Waals surface area contributed by atoms with Crippen molar-refractivity contribution in [3.63, 3.8) is 0 Å². The Balaban J connectivity index is 3.43. The molecule has 0 radical (unpaired) electrons. The van der Waals surface area contributed by atoms with Gasteiger partial charge in [-0.1, -0.05) is 13.8 Å². The number of hydrogen-bond donors (Lipinski definition) is 2. The third-order valence-corrected chi connectivity index (χ3v) is 1.21. The van der Waals surface area contributed by atoms with Gasteiger partial charge in [-0.05, 0) is 12.3 Å². The smallest absolute Gasteiger partial charge is 0.304 e. The summed E-state index contributed by atoms with van der Waals surface area (Å²) in [7, 11) is 0. The summed E-state index contributed by atoms with van der Waals surface area (Å²) in [6.07, 6.45) is 0.866. The van der Waals surface area contributed by atoms with Crippen LogP contribution in [0, 0.1) is 5.92 Å². The quantitative estimate of drug-likeness (QED) is 0.616. The van der Waals surface area contributed by atoms with E-state index in [1.807, 2.05) is 13.8 Å². The van der Waals surface area contributed by atoms with Crippen molar-refractivity contribution < 1.29 is 9.90 Å². The van der Waals surface area contributed by atoms with E-state index in [2.05, 4.69) is 0 Å². The molecule has 0 saturated heterocycles. The predicted octanol–water partition coefficient (Wildman–Crippen LogP) is 0.835. The van der Waals surface area contributed by atoms with Crippen molar-refractivity contribution in [3.8, 4) is 0 Å². The van der Waals surface area contributed by atoms with Crippen LogP contribution in [0.25, 0.3) is 0 Å². The van der Waals surface area contributed by atoms with Crippen LogP contribution in [0.2, 0.25) is 0 Å². The molecule has 0 bridgehead atoms. The van der Waals surface area contributed by atoms with Gasteiger partial charge in [0.1, 0.15) is 0 Å². The zero-order valence-corrected chi connectivity index (χ0v) is 6.50. The van der Waals surface area contributed by atoms with Crippen LogP contribution in [0.3, 0.4) is 0 Å². The molecule has 60 valence electrons. The Kier molecular flexibility index (Phi) is 4.03. The molecule has 0 aromatic carbocycles. The topological polar surface area (TPSA) is 63.3 Å². The number of carbonyl (C=O) groups is 1. The Morgan fingerprint density at radius 2 is 2.10 bits per heavy atom. The van der Waals surface area contributed by atoms with E-state index >= 15 is 0 Å². The van der Waals surface area contributed by atoms with Crippen molar-refractivity contribution >= 4 is 5.97 Å². The summed E-state index contributed by atoms with van der Waals surface area (Å²) in [6.45, 7) is 4.06. The molecule has 3 nitrogen and oxygen atoms in total. The maximum atomic E-state index is 10.1. The molecule has 0 amide bonds. The van der Waals surface area contributed by atoms with Gasteiger partial charge >= 0.3 is 5.97 Å². The van der Waals surface area contributed by atoms with E-state index in [4.69, 9.17) is 10.8 Å². The summed E-state index contributed by atoms with van der Waals surface area (Å²) in [5.41, 5.74) is 5.49. The largest absolute Gasteiger partial charge is 0.481 e. The SMILES string of the molecule is CC(C)C[C@H](N)CC(=O)O. The second-order valence-electron chi connectivity index (χ2n) is 2.99. The minimum atomic E-state index is -0.812. The molecule has 0 spiro atoms. The van der Waals surface area contributed by atoms with E-state index in [0.717, 1.165) is 6.42 Å². The van der Waals surface area contributed by atoms with E-state index < -0.39 is 5.97 Å². The second-order valence-corrected chi connectivity index (χ2v) is 2.99. The van der Waals surface area contributed by atoms with Gasteiger partial charge < -0.3 is 10.8 Å². The fourth-order valence-electron chi connectivity index (χ4n) is 0.913. The maximum Gasteiger partial charge on any atom is 0.304 e. The van der Waals surface area contributed by atoms with E-state index in [1.54, 1.807) is 0 Å². The summed E-state index contributed by atoms with van der Waals surface area (Å²) >= 11 is 0. The molecule has 1 atom stereocenters. The fraction of sp³-hybridized carbons (Fsp3) is 0.857. The Hall–Kier alpha value is -0.570. The van der Waals surface area contributed by atoms with E-state index in [1.165, 1.54) is 0 Å². The third kappa shape index (κ3) is 5.56. The summed E-state index contributed by atoms with van der Waals surface area (Å²) < 4.78 is 0. The molecule has 0 aliphatic carbocycles. The highest BCUT2D eigenvalue weighted by Crippen LogP contribution is 2.04. The number of carboxylic acids is 1. The molecule has 0 heterocycles. The number of hydrogen-bond acceptors (Lipinski definition) is 2. The molecule has 0 fully saturated rings. The number of aliphatic carboxylic acids is 1. The zero-order chi connectivity index (χ0) is 8.15. The van der Waals surface area contributed by atoms with Crippen molar-refractivity contribution in [2.45, 2.75) is 32.7 Å². The van der Waals surface area contributed by atoms with Crippen LogP contribution in [0.15, 0.2) is 0 Å². The van der Waals surface area contributed by atoms with Crippen LogP contribution < -0.4 is 5.73 Å². The molecule has 10 heavy (non-hydrogen) atoms. The Morgan fingerprint density at radius 1 is 1.60 bits per heavy atom. The van der Waals surface area contributed by atoms with Crippen LogP contribution in [0.4, 0.5) is 0 Å². The van der Waals surface area contributed by atoms with Crippen LogP contribution in [0.5, 0.6) is 0 Å². The predicted molar refractivity (Wildman–Crippen MR) is 39.7 cm³/mol. The van der Waals surface area contributed by atoms with Crippen molar-refractivity contribution in [3.05, 3.63) is 0 Å². The highest BCUT2D eigenvalue weighted by Gasteiger charge is 2.08. The molecule has 3 N–H and O–H groups in total. The van der Waals surface area contributed by atoms with Crippen LogP contribution in [-0.4, -0.2) is 17.1 Å². The second kappa shape index (κ2) is 4.28. The average Bonchev–Trinajstić information content (AvgIpc) is 1.58. The van der Waals surface area contributed by atoms with Gasteiger partial charge in [0.15, 0.2) is 0 Å². The molecule has 0 unspecified atom stereocenters. The monoisotopic (exact) mass is 145 g/mol. The van der Waals surface area contributed by atoms with Crippen molar-refractivity contribution in [2.24, 2.45) is 11.7 Å². The lowest BCUT2D eigenvalue weighted by molar-refractivity contribution is -0.137. The van der Waals surface area contributed by atoms with Gasteiger partial charge in [0.25, 0.3) is 0 Å². The van der Waals surface area contributed by atoms with Gasteiger partial charge in [-0.25, -0.2) is 0 Å².